The zero-order valence-corrected chi connectivity index (χ0v) is 7.74. The van der Waals surface area contributed by atoms with E-state index in [1.807, 2.05) is 0 Å². The largest absolute Gasteiger partial charge is 0.469 e. The normalized spacial score (nSPS) is 10.4. The molecule has 0 atom stereocenters. The Balaban J connectivity index is 2.56. The van der Waals surface area contributed by atoms with Gasteiger partial charge in [0, 0.05) is 5.92 Å². The van der Waals surface area contributed by atoms with Crippen molar-refractivity contribution in [2.75, 3.05) is 0 Å². The van der Waals surface area contributed by atoms with Crippen molar-refractivity contribution in [3.8, 4) is 0 Å². The highest BCUT2D eigenvalue weighted by molar-refractivity contribution is 6.38. The highest BCUT2D eigenvalue weighted by Crippen LogP contribution is 2.04. The number of hydrogen-bond acceptors (Lipinski definition) is 3. The molecular weight excluding hydrogens is 168 g/mol. The molecule has 0 aliphatic rings. The quantitative estimate of drug-likeness (QED) is 0.661. The molecule has 0 N–H and O–H groups in total. The summed E-state index contributed by atoms with van der Waals surface area (Å²) in [5, 5.41) is 0. The summed E-state index contributed by atoms with van der Waals surface area (Å²) >= 11 is 0. The molecule has 0 spiro atoms. The fourth-order valence-electron chi connectivity index (χ4n) is 0.981. The van der Waals surface area contributed by atoms with Crippen LogP contribution < -0.4 is 0 Å². The van der Waals surface area contributed by atoms with Crippen molar-refractivity contribution < 1.29 is 14.0 Å². The highest BCUT2D eigenvalue weighted by atomic mass is 16.3. The van der Waals surface area contributed by atoms with Crippen LogP contribution in [-0.2, 0) is 16.0 Å². The molecule has 0 aromatic carbocycles. The van der Waals surface area contributed by atoms with Gasteiger partial charge in [0.1, 0.15) is 5.76 Å². The van der Waals surface area contributed by atoms with Gasteiger partial charge in [-0.15, -0.1) is 0 Å². The Morgan fingerprint density at radius 2 is 2.15 bits per heavy atom. The third kappa shape index (κ3) is 2.54. The first-order chi connectivity index (χ1) is 6.11. The van der Waals surface area contributed by atoms with Gasteiger partial charge >= 0.3 is 0 Å². The summed E-state index contributed by atoms with van der Waals surface area (Å²) in [5.74, 6) is -0.414. The number of furan rings is 1. The molecule has 0 aliphatic heterocycles. The van der Waals surface area contributed by atoms with Crippen LogP contribution in [0.4, 0.5) is 0 Å². The molecule has 0 unspecified atom stereocenters. The summed E-state index contributed by atoms with van der Waals surface area (Å²) in [4.78, 5) is 22.4. The average molecular weight is 180 g/mol. The highest BCUT2D eigenvalue weighted by Gasteiger charge is 2.18. The zero-order valence-electron chi connectivity index (χ0n) is 7.74. The maximum Gasteiger partial charge on any atom is 0.206 e. The molecule has 0 saturated carbocycles. The standard InChI is InChI=1S/C10H12O3/c1-7(2)10(12)9(11)6-8-4-3-5-13-8/h3-5,7H,6H2,1-2H3. The summed E-state index contributed by atoms with van der Waals surface area (Å²) in [6.45, 7) is 3.42. The molecule has 0 bridgehead atoms. The minimum Gasteiger partial charge on any atom is -0.469 e. The van der Waals surface area contributed by atoms with Crippen molar-refractivity contribution in [2.24, 2.45) is 5.92 Å². The summed E-state index contributed by atoms with van der Waals surface area (Å²) < 4.78 is 4.96. The van der Waals surface area contributed by atoms with E-state index in [4.69, 9.17) is 4.42 Å². The maximum absolute atomic E-state index is 11.2. The van der Waals surface area contributed by atoms with E-state index in [1.54, 1.807) is 26.0 Å². The Bertz CT molecular complexity index is 296. The van der Waals surface area contributed by atoms with Crippen LogP contribution >= 0.6 is 0 Å². The molecule has 13 heavy (non-hydrogen) atoms. The van der Waals surface area contributed by atoms with Crippen molar-refractivity contribution in [3.05, 3.63) is 24.2 Å². The Morgan fingerprint density at radius 3 is 2.62 bits per heavy atom. The summed E-state index contributed by atoms with van der Waals surface area (Å²) in [7, 11) is 0. The second-order valence-electron chi connectivity index (χ2n) is 3.20. The van der Waals surface area contributed by atoms with Crippen LogP contribution in [0.1, 0.15) is 19.6 Å². The molecule has 1 aromatic rings. The number of ketones is 2. The predicted molar refractivity (Wildman–Crippen MR) is 47.3 cm³/mol. The van der Waals surface area contributed by atoms with E-state index in [0.29, 0.717) is 5.76 Å². The lowest BCUT2D eigenvalue weighted by molar-refractivity contribution is -0.138. The van der Waals surface area contributed by atoms with Gasteiger partial charge in [0.25, 0.3) is 0 Å². The first kappa shape index (κ1) is 9.71. The molecule has 1 rings (SSSR count). The fraction of sp³-hybridized carbons (Fsp3) is 0.400. The summed E-state index contributed by atoms with van der Waals surface area (Å²) in [6.07, 6.45) is 1.56. The molecular formula is C10H12O3. The zero-order chi connectivity index (χ0) is 9.84. The molecule has 0 radical (unpaired) electrons. The second kappa shape index (κ2) is 4.03. The van der Waals surface area contributed by atoms with Crippen LogP contribution in [0.2, 0.25) is 0 Å². The third-order valence-electron chi connectivity index (χ3n) is 1.71. The number of rotatable bonds is 4. The average Bonchev–Trinajstić information content (AvgIpc) is 2.55. The number of carbonyl (C=O) groups excluding carboxylic acids is 2. The SMILES string of the molecule is CC(C)C(=O)C(=O)Cc1ccco1. The van der Waals surface area contributed by atoms with Crippen LogP contribution in [-0.4, -0.2) is 11.6 Å². The van der Waals surface area contributed by atoms with E-state index in [0.717, 1.165) is 0 Å². The molecule has 3 nitrogen and oxygen atoms in total. The third-order valence-corrected chi connectivity index (χ3v) is 1.71. The van der Waals surface area contributed by atoms with Crippen LogP contribution in [0, 0.1) is 5.92 Å². The summed E-state index contributed by atoms with van der Waals surface area (Å²) in [6, 6.07) is 3.38. The van der Waals surface area contributed by atoms with Gasteiger partial charge in [-0.3, -0.25) is 9.59 Å². The van der Waals surface area contributed by atoms with Crippen molar-refractivity contribution in [3.63, 3.8) is 0 Å². The lowest BCUT2D eigenvalue weighted by Crippen LogP contribution is -2.21. The number of carbonyl (C=O) groups is 2. The van der Waals surface area contributed by atoms with Gasteiger partial charge in [0.05, 0.1) is 12.7 Å². The minimum absolute atomic E-state index is 0.0734. The Labute approximate surface area is 76.7 Å². The molecule has 0 aliphatic carbocycles. The van der Waals surface area contributed by atoms with E-state index in [2.05, 4.69) is 0 Å². The molecule has 0 fully saturated rings. The van der Waals surface area contributed by atoms with Gasteiger partial charge in [0.15, 0.2) is 0 Å². The van der Waals surface area contributed by atoms with Gasteiger partial charge < -0.3 is 4.42 Å². The first-order valence-corrected chi connectivity index (χ1v) is 4.20. The molecule has 0 saturated heterocycles. The minimum atomic E-state index is -0.384. The summed E-state index contributed by atoms with van der Waals surface area (Å²) in [5.41, 5.74) is 0. The first-order valence-electron chi connectivity index (χ1n) is 4.20. The van der Waals surface area contributed by atoms with Crippen molar-refractivity contribution in [2.45, 2.75) is 20.3 Å². The van der Waals surface area contributed by atoms with Crippen molar-refractivity contribution in [1.29, 1.82) is 0 Å². The number of hydrogen-bond donors (Lipinski definition) is 0. The molecule has 3 heteroatoms. The van der Waals surface area contributed by atoms with Crippen molar-refractivity contribution in [1.82, 2.24) is 0 Å². The monoisotopic (exact) mass is 180 g/mol. The molecule has 1 heterocycles. The van der Waals surface area contributed by atoms with E-state index in [-0.39, 0.29) is 23.9 Å². The molecule has 70 valence electrons. The maximum atomic E-state index is 11.2. The van der Waals surface area contributed by atoms with Gasteiger partial charge in [0.2, 0.25) is 11.6 Å². The van der Waals surface area contributed by atoms with Gasteiger partial charge in [-0.05, 0) is 12.1 Å². The Kier molecular flexibility index (Phi) is 3.01. The van der Waals surface area contributed by atoms with Gasteiger partial charge in [-0.25, -0.2) is 0 Å². The van der Waals surface area contributed by atoms with Crippen LogP contribution in [0.15, 0.2) is 22.8 Å². The van der Waals surface area contributed by atoms with Crippen LogP contribution in [0.5, 0.6) is 0 Å². The van der Waals surface area contributed by atoms with Crippen molar-refractivity contribution >= 4 is 11.6 Å². The van der Waals surface area contributed by atoms with E-state index >= 15 is 0 Å². The predicted octanol–water partition coefficient (Wildman–Crippen LogP) is 1.62. The van der Waals surface area contributed by atoms with Gasteiger partial charge in [-0.2, -0.15) is 0 Å². The lowest BCUT2D eigenvalue weighted by atomic mass is 10.0. The lowest BCUT2D eigenvalue weighted by Gasteiger charge is -2.00. The van der Waals surface area contributed by atoms with E-state index in [9.17, 15) is 9.59 Å². The van der Waals surface area contributed by atoms with E-state index < -0.39 is 0 Å². The van der Waals surface area contributed by atoms with Gasteiger partial charge in [-0.1, -0.05) is 13.8 Å². The fourth-order valence-corrected chi connectivity index (χ4v) is 0.981. The molecule has 0 amide bonds. The van der Waals surface area contributed by atoms with E-state index in [1.165, 1.54) is 6.26 Å². The molecule has 1 aromatic heterocycles. The Hall–Kier alpha value is -1.38. The topological polar surface area (TPSA) is 47.3 Å². The number of Topliss-reactive ketones (excluding diaryl/α,β-unsaturated/α-hetero) is 2. The second-order valence-corrected chi connectivity index (χ2v) is 3.20. The Morgan fingerprint density at radius 1 is 1.46 bits per heavy atom. The smallest absolute Gasteiger partial charge is 0.206 e. The van der Waals surface area contributed by atoms with Crippen LogP contribution in [0.25, 0.3) is 0 Å². The van der Waals surface area contributed by atoms with Crippen LogP contribution in [0.3, 0.4) is 0 Å².